The summed E-state index contributed by atoms with van der Waals surface area (Å²) in [6.45, 7) is 2.63. The molecule has 25 heavy (non-hydrogen) atoms. The maximum absolute atomic E-state index is 12.6. The zero-order chi connectivity index (χ0) is 18.0. The Labute approximate surface area is 147 Å². The molecule has 132 valence electrons. The van der Waals surface area contributed by atoms with E-state index < -0.39 is 10.0 Å². The van der Waals surface area contributed by atoms with E-state index in [2.05, 4.69) is 15.0 Å². The molecule has 3 rings (SSSR count). The van der Waals surface area contributed by atoms with Gasteiger partial charge in [-0.05, 0) is 44.7 Å². The third-order valence-electron chi connectivity index (χ3n) is 4.19. The van der Waals surface area contributed by atoms with Gasteiger partial charge in [-0.25, -0.2) is 18.1 Å². The van der Waals surface area contributed by atoms with Crippen molar-refractivity contribution in [2.75, 3.05) is 23.8 Å². The van der Waals surface area contributed by atoms with Crippen molar-refractivity contribution in [3.8, 4) is 0 Å². The summed E-state index contributed by atoms with van der Waals surface area (Å²) >= 11 is 0. The lowest BCUT2D eigenvalue weighted by Crippen LogP contribution is -2.33. The molecular weight excluding hydrogens is 340 g/mol. The Kier molecular flexibility index (Phi) is 4.73. The Morgan fingerprint density at radius 2 is 1.88 bits per heavy atom. The number of rotatable bonds is 5. The largest absolute Gasteiger partial charge is 0.358 e. The quantitative estimate of drug-likeness (QED) is 0.843. The Hall–Kier alpha value is -2.45. The molecule has 1 aliphatic rings. The first-order chi connectivity index (χ1) is 11.9. The minimum absolute atomic E-state index is 0.0161. The van der Waals surface area contributed by atoms with Gasteiger partial charge in [0, 0.05) is 18.4 Å². The second-order valence-electron chi connectivity index (χ2n) is 5.90. The maximum atomic E-state index is 12.6. The van der Waals surface area contributed by atoms with Gasteiger partial charge in [0.15, 0.2) is 0 Å². The summed E-state index contributed by atoms with van der Waals surface area (Å²) in [6.07, 6.45) is 1.93. The number of aryl methyl sites for hydroxylation is 1. The number of sulfonamides is 1. The number of nitrogens with zero attached hydrogens (tertiary/aromatic N) is 2. The van der Waals surface area contributed by atoms with E-state index in [4.69, 9.17) is 0 Å². The zero-order valence-electron chi connectivity index (χ0n) is 14.1. The van der Waals surface area contributed by atoms with Crippen LogP contribution in [-0.2, 0) is 14.8 Å². The monoisotopic (exact) mass is 360 g/mol. The van der Waals surface area contributed by atoms with E-state index in [0.29, 0.717) is 18.8 Å². The lowest BCUT2D eigenvalue weighted by atomic mass is 10.2. The van der Waals surface area contributed by atoms with E-state index in [0.717, 1.165) is 11.3 Å². The number of benzene rings is 1. The summed E-state index contributed by atoms with van der Waals surface area (Å²) < 4.78 is 25.6. The predicted molar refractivity (Wildman–Crippen MR) is 96.0 cm³/mol. The van der Waals surface area contributed by atoms with Crippen LogP contribution in [0.3, 0.4) is 0 Å². The normalized spacial score (nSPS) is 17.8. The second kappa shape index (κ2) is 6.81. The van der Waals surface area contributed by atoms with Crippen LogP contribution in [0.25, 0.3) is 0 Å². The molecule has 1 unspecified atom stereocenters. The molecule has 1 atom stereocenters. The first-order valence-corrected chi connectivity index (χ1v) is 9.43. The highest BCUT2D eigenvalue weighted by Crippen LogP contribution is 2.24. The van der Waals surface area contributed by atoms with Crippen LogP contribution in [0.1, 0.15) is 12.0 Å². The third-order valence-corrected chi connectivity index (χ3v) is 5.59. The predicted octanol–water partition coefficient (Wildman–Crippen LogP) is 1.52. The van der Waals surface area contributed by atoms with Crippen LogP contribution in [0.4, 0.5) is 11.5 Å². The lowest BCUT2D eigenvalue weighted by molar-refractivity contribution is -0.117. The Morgan fingerprint density at radius 3 is 2.48 bits per heavy atom. The number of pyridine rings is 1. The van der Waals surface area contributed by atoms with E-state index in [-0.39, 0.29) is 16.8 Å². The van der Waals surface area contributed by atoms with E-state index in [9.17, 15) is 13.2 Å². The minimum atomic E-state index is -3.52. The van der Waals surface area contributed by atoms with Crippen LogP contribution in [0.2, 0.25) is 0 Å². The lowest BCUT2D eigenvalue weighted by Gasteiger charge is -2.17. The van der Waals surface area contributed by atoms with Gasteiger partial charge in [-0.15, -0.1) is 0 Å². The van der Waals surface area contributed by atoms with E-state index in [1.165, 1.54) is 19.3 Å². The van der Waals surface area contributed by atoms with Gasteiger partial charge in [0.2, 0.25) is 15.9 Å². The molecule has 0 spiro atoms. The van der Waals surface area contributed by atoms with Gasteiger partial charge in [-0.3, -0.25) is 4.79 Å². The van der Waals surface area contributed by atoms with Gasteiger partial charge in [-0.2, -0.15) is 0 Å². The Balaban J connectivity index is 1.70. The molecule has 1 aromatic carbocycles. The van der Waals surface area contributed by atoms with Crippen LogP contribution >= 0.6 is 0 Å². The second-order valence-corrected chi connectivity index (χ2v) is 7.78. The number of carbonyl (C=O) groups is 1. The van der Waals surface area contributed by atoms with E-state index in [1.807, 2.05) is 31.2 Å². The van der Waals surface area contributed by atoms with Crippen molar-refractivity contribution in [3.05, 3.63) is 48.2 Å². The van der Waals surface area contributed by atoms with Crippen molar-refractivity contribution in [2.45, 2.75) is 24.3 Å². The van der Waals surface area contributed by atoms with Crippen molar-refractivity contribution in [2.24, 2.45) is 0 Å². The molecule has 2 N–H and O–H groups in total. The van der Waals surface area contributed by atoms with Crippen LogP contribution < -0.4 is 14.9 Å². The molecule has 2 heterocycles. The molecule has 0 radical (unpaired) electrons. The number of anilines is 2. The topological polar surface area (TPSA) is 91.4 Å². The first kappa shape index (κ1) is 17.4. The number of nitrogens with one attached hydrogen (secondary N) is 2. The van der Waals surface area contributed by atoms with Crippen LogP contribution in [0, 0.1) is 6.92 Å². The summed E-state index contributed by atoms with van der Waals surface area (Å²) in [6, 6.07) is 10.5. The molecule has 1 aromatic heterocycles. The fourth-order valence-corrected chi connectivity index (χ4v) is 3.39. The highest BCUT2D eigenvalue weighted by Gasteiger charge is 2.32. The fraction of sp³-hybridized carbons (Fsp3) is 0.294. The van der Waals surface area contributed by atoms with Crippen LogP contribution in [0.15, 0.2) is 47.5 Å². The maximum Gasteiger partial charge on any atom is 0.249 e. The number of carbonyl (C=O) groups excluding carboxylic acids is 1. The van der Waals surface area contributed by atoms with Crippen molar-refractivity contribution in [3.63, 3.8) is 0 Å². The van der Waals surface area contributed by atoms with Gasteiger partial charge >= 0.3 is 0 Å². The number of hydrogen-bond acceptors (Lipinski definition) is 5. The Bertz CT molecular complexity index is 864. The standard InChI is InChI=1S/C17H20N4O3S/c1-12-3-5-13(6-4-12)21-10-9-15(17(21)22)20-16-8-7-14(11-19-16)25(23,24)18-2/h3-8,11,15,18H,9-10H2,1-2H3,(H,19,20). The molecule has 1 aliphatic heterocycles. The summed E-state index contributed by atoms with van der Waals surface area (Å²) in [7, 11) is -2.17. The first-order valence-electron chi connectivity index (χ1n) is 7.95. The van der Waals surface area contributed by atoms with Gasteiger partial charge in [-0.1, -0.05) is 17.7 Å². The van der Waals surface area contributed by atoms with Gasteiger partial charge < -0.3 is 10.2 Å². The van der Waals surface area contributed by atoms with Gasteiger partial charge in [0.1, 0.15) is 16.8 Å². The van der Waals surface area contributed by atoms with Crippen molar-refractivity contribution in [1.29, 1.82) is 0 Å². The van der Waals surface area contributed by atoms with E-state index in [1.54, 1.807) is 11.0 Å². The third kappa shape index (κ3) is 3.64. The Morgan fingerprint density at radius 1 is 1.16 bits per heavy atom. The zero-order valence-corrected chi connectivity index (χ0v) is 14.9. The number of amides is 1. The molecule has 1 fully saturated rings. The highest BCUT2D eigenvalue weighted by molar-refractivity contribution is 7.89. The highest BCUT2D eigenvalue weighted by atomic mass is 32.2. The molecule has 1 saturated heterocycles. The fourth-order valence-electron chi connectivity index (χ4n) is 2.72. The SMILES string of the molecule is CNS(=O)(=O)c1ccc(NC2CCN(c3ccc(C)cc3)C2=O)nc1. The summed E-state index contributed by atoms with van der Waals surface area (Å²) in [5, 5.41) is 3.08. The summed E-state index contributed by atoms with van der Waals surface area (Å²) in [5.74, 6) is 0.455. The van der Waals surface area contributed by atoms with Crippen molar-refractivity contribution in [1.82, 2.24) is 9.71 Å². The van der Waals surface area contributed by atoms with Crippen molar-refractivity contribution >= 4 is 27.4 Å². The summed E-state index contributed by atoms with van der Waals surface area (Å²) in [5.41, 5.74) is 2.02. The molecule has 0 saturated carbocycles. The van der Waals surface area contributed by atoms with Gasteiger partial charge in [0.05, 0.1) is 0 Å². The molecule has 2 aromatic rings. The number of hydrogen-bond donors (Lipinski definition) is 2. The van der Waals surface area contributed by atoms with Crippen LogP contribution in [0.5, 0.6) is 0 Å². The molecule has 7 nitrogen and oxygen atoms in total. The minimum Gasteiger partial charge on any atom is -0.358 e. The molecule has 1 amide bonds. The smallest absolute Gasteiger partial charge is 0.249 e. The molecular formula is C17H20N4O3S. The van der Waals surface area contributed by atoms with E-state index >= 15 is 0 Å². The average Bonchev–Trinajstić information content (AvgIpc) is 2.97. The molecule has 8 heteroatoms. The van der Waals surface area contributed by atoms with Crippen molar-refractivity contribution < 1.29 is 13.2 Å². The summed E-state index contributed by atoms with van der Waals surface area (Å²) in [4.78, 5) is 18.5. The van der Waals surface area contributed by atoms with Gasteiger partial charge in [0.25, 0.3) is 0 Å². The molecule has 0 bridgehead atoms. The average molecular weight is 360 g/mol. The number of aromatic nitrogens is 1. The molecule has 0 aliphatic carbocycles. The van der Waals surface area contributed by atoms with Crippen LogP contribution in [-0.4, -0.2) is 38.9 Å².